The summed E-state index contributed by atoms with van der Waals surface area (Å²) in [5.74, 6) is -1.33. The fourth-order valence-corrected chi connectivity index (χ4v) is 4.25. The third kappa shape index (κ3) is 4.01. The van der Waals surface area contributed by atoms with Gasteiger partial charge in [-0.3, -0.25) is 18.9 Å². The number of hydrogen-bond acceptors (Lipinski definition) is 5. The van der Waals surface area contributed by atoms with Gasteiger partial charge >= 0.3 is 0 Å². The molecule has 0 radical (unpaired) electrons. The van der Waals surface area contributed by atoms with Gasteiger partial charge in [-0.15, -0.1) is 0 Å². The molecule has 0 spiro atoms. The molecule has 3 rings (SSSR count). The van der Waals surface area contributed by atoms with Crippen molar-refractivity contribution in [1.82, 2.24) is 9.47 Å². The van der Waals surface area contributed by atoms with E-state index < -0.39 is 27.3 Å². The predicted octanol–water partition coefficient (Wildman–Crippen LogP) is 2.15. The molecule has 162 valence electrons. The second kappa shape index (κ2) is 8.27. The van der Waals surface area contributed by atoms with Crippen LogP contribution in [0.4, 0.5) is 10.2 Å². The fraction of sp³-hybridized carbons (Fsp3) is 0.368. The molecule has 0 unspecified atom stereocenters. The summed E-state index contributed by atoms with van der Waals surface area (Å²) in [6.45, 7) is 1.88. The highest BCUT2D eigenvalue weighted by molar-refractivity contribution is 7.92. The van der Waals surface area contributed by atoms with Crippen molar-refractivity contribution >= 4 is 33.3 Å². The van der Waals surface area contributed by atoms with E-state index in [-0.39, 0.29) is 41.0 Å². The Labute approximate surface area is 178 Å². The fourth-order valence-electron chi connectivity index (χ4n) is 3.34. The maximum absolute atomic E-state index is 13.4. The second-order valence-electron chi connectivity index (χ2n) is 6.83. The summed E-state index contributed by atoms with van der Waals surface area (Å²) in [4.78, 5) is 27.4. The zero-order valence-corrected chi connectivity index (χ0v) is 18.2. The van der Waals surface area contributed by atoms with Crippen molar-refractivity contribution in [3.8, 4) is 5.75 Å². The van der Waals surface area contributed by atoms with Crippen LogP contribution in [0.15, 0.2) is 23.0 Å². The summed E-state index contributed by atoms with van der Waals surface area (Å²) < 4.78 is 46.4. The summed E-state index contributed by atoms with van der Waals surface area (Å²) in [7, 11) is -0.990. The number of fused-ring (bicyclic) bond motifs is 1. The summed E-state index contributed by atoms with van der Waals surface area (Å²) in [5.41, 5.74) is 0.399. The Morgan fingerprint density at radius 3 is 2.60 bits per heavy atom. The molecule has 1 N–H and O–H groups in total. The normalized spacial score (nSPS) is 13.9. The van der Waals surface area contributed by atoms with Gasteiger partial charge in [0.05, 0.1) is 23.4 Å². The quantitative estimate of drug-likeness (QED) is 0.716. The molecule has 0 saturated carbocycles. The minimum Gasteiger partial charge on any atom is -0.490 e. The SMILES string of the molecule is CCS(=O)(=O)Nc1c2c(c(OC)c(=O)n1C)C(=O)N(Cc1ccc(F)c(Cl)c1)CC2. The Bertz CT molecular complexity index is 1180. The number of anilines is 1. The lowest BCUT2D eigenvalue weighted by Crippen LogP contribution is -2.40. The molecule has 2 aromatic rings. The molecule has 0 fully saturated rings. The molecule has 1 aliphatic rings. The van der Waals surface area contributed by atoms with E-state index in [1.54, 1.807) is 0 Å². The van der Waals surface area contributed by atoms with Crippen LogP contribution in [0, 0.1) is 5.82 Å². The molecule has 0 saturated heterocycles. The Balaban J connectivity index is 2.08. The Morgan fingerprint density at radius 2 is 2.00 bits per heavy atom. The highest BCUT2D eigenvalue weighted by Gasteiger charge is 2.34. The molecule has 1 aromatic heterocycles. The molecule has 8 nitrogen and oxygen atoms in total. The second-order valence-corrected chi connectivity index (χ2v) is 9.25. The first-order valence-corrected chi connectivity index (χ1v) is 11.2. The standard InChI is InChI=1S/C19H21ClFN3O5S/c1-4-30(27,28)22-17-12-7-8-24(10-11-5-6-14(21)13(20)9-11)18(25)15(12)16(29-3)19(26)23(17)2/h5-6,9,22H,4,7-8,10H2,1-3H3. The highest BCUT2D eigenvalue weighted by atomic mass is 35.5. The van der Waals surface area contributed by atoms with E-state index in [0.717, 1.165) is 4.57 Å². The molecular formula is C19H21ClFN3O5S. The number of sulfonamides is 1. The van der Waals surface area contributed by atoms with Crippen molar-refractivity contribution in [3.63, 3.8) is 0 Å². The molecular weight excluding hydrogens is 437 g/mol. The van der Waals surface area contributed by atoms with Gasteiger partial charge in [0.2, 0.25) is 10.0 Å². The maximum Gasteiger partial charge on any atom is 0.295 e. The number of aromatic nitrogens is 1. The van der Waals surface area contributed by atoms with Crippen molar-refractivity contribution in [1.29, 1.82) is 0 Å². The van der Waals surface area contributed by atoms with E-state index in [4.69, 9.17) is 16.3 Å². The summed E-state index contributed by atoms with van der Waals surface area (Å²) in [6, 6.07) is 4.17. The number of nitrogens with zero attached hydrogens (tertiary/aromatic N) is 2. The Hall–Kier alpha value is -2.59. The largest absolute Gasteiger partial charge is 0.490 e. The topological polar surface area (TPSA) is 97.7 Å². The molecule has 1 amide bonds. The number of amides is 1. The molecule has 2 heterocycles. The van der Waals surface area contributed by atoms with Crippen molar-refractivity contribution in [2.75, 3.05) is 24.1 Å². The van der Waals surface area contributed by atoms with Gasteiger partial charge in [-0.1, -0.05) is 17.7 Å². The van der Waals surface area contributed by atoms with Crippen LogP contribution in [-0.4, -0.2) is 43.2 Å². The Morgan fingerprint density at radius 1 is 1.30 bits per heavy atom. The van der Waals surface area contributed by atoms with E-state index in [0.29, 0.717) is 17.5 Å². The maximum atomic E-state index is 13.4. The lowest BCUT2D eigenvalue weighted by Gasteiger charge is -2.31. The number of halogens is 2. The molecule has 11 heteroatoms. The van der Waals surface area contributed by atoms with Gasteiger partial charge in [-0.2, -0.15) is 0 Å². The summed E-state index contributed by atoms with van der Waals surface area (Å²) in [6.07, 6.45) is 0.294. The van der Waals surface area contributed by atoms with Gasteiger partial charge in [0.15, 0.2) is 5.75 Å². The Kier molecular flexibility index (Phi) is 6.09. The van der Waals surface area contributed by atoms with E-state index >= 15 is 0 Å². The third-order valence-electron chi connectivity index (χ3n) is 4.98. The number of pyridine rings is 1. The van der Waals surface area contributed by atoms with Crippen molar-refractivity contribution in [2.24, 2.45) is 7.05 Å². The summed E-state index contributed by atoms with van der Waals surface area (Å²) in [5, 5.41) is -0.0555. The smallest absolute Gasteiger partial charge is 0.295 e. The average Bonchev–Trinajstić information content (AvgIpc) is 2.71. The minimum absolute atomic E-state index is 0.0221. The van der Waals surface area contributed by atoms with Crippen LogP contribution in [0.25, 0.3) is 0 Å². The number of nitrogens with one attached hydrogen (secondary N) is 1. The van der Waals surface area contributed by atoms with Crippen LogP contribution >= 0.6 is 11.6 Å². The summed E-state index contributed by atoms with van der Waals surface area (Å²) >= 11 is 5.82. The van der Waals surface area contributed by atoms with E-state index in [1.807, 2.05) is 0 Å². The molecule has 1 aliphatic heterocycles. The lowest BCUT2D eigenvalue weighted by molar-refractivity contribution is 0.0722. The average molecular weight is 458 g/mol. The van der Waals surface area contributed by atoms with Crippen LogP contribution in [0.3, 0.4) is 0 Å². The molecule has 30 heavy (non-hydrogen) atoms. The van der Waals surface area contributed by atoms with Crippen molar-refractivity contribution < 1.29 is 22.3 Å². The van der Waals surface area contributed by atoms with Gasteiger partial charge in [-0.25, -0.2) is 12.8 Å². The van der Waals surface area contributed by atoms with Gasteiger partial charge in [-0.05, 0) is 31.0 Å². The van der Waals surface area contributed by atoms with E-state index in [1.165, 1.54) is 44.2 Å². The molecule has 1 aromatic carbocycles. The predicted molar refractivity (Wildman–Crippen MR) is 111 cm³/mol. The number of benzene rings is 1. The van der Waals surface area contributed by atoms with Gasteiger partial charge in [0, 0.05) is 25.7 Å². The van der Waals surface area contributed by atoms with Crippen molar-refractivity contribution in [2.45, 2.75) is 19.9 Å². The zero-order chi connectivity index (χ0) is 22.2. The number of methoxy groups -OCH3 is 1. The van der Waals surface area contributed by atoms with Crippen molar-refractivity contribution in [3.05, 3.63) is 56.1 Å². The van der Waals surface area contributed by atoms with Crippen LogP contribution in [0.1, 0.15) is 28.4 Å². The first-order valence-electron chi connectivity index (χ1n) is 9.13. The first kappa shape index (κ1) is 22.1. The highest BCUT2D eigenvalue weighted by Crippen LogP contribution is 2.32. The first-order chi connectivity index (χ1) is 14.1. The van der Waals surface area contributed by atoms with E-state index in [2.05, 4.69) is 4.72 Å². The number of carbonyl (C=O) groups excluding carboxylic acids is 1. The van der Waals surface area contributed by atoms with E-state index in [9.17, 15) is 22.4 Å². The molecule has 0 bridgehead atoms. The zero-order valence-electron chi connectivity index (χ0n) is 16.7. The van der Waals surface area contributed by atoms with Crippen LogP contribution in [-0.2, 0) is 30.0 Å². The number of hydrogen-bond donors (Lipinski definition) is 1. The van der Waals surface area contributed by atoms with Gasteiger partial charge in [0.25, 0.3) is 11.5 Å². The van der Waals surface area contributed by atoms with Crippen LogP contribution < -0.4 is 15.0 Å². The van der Waals surface area contributed by atoms with Gasteiger partial charge in [0.1, 0.15) is 11.6 Å². The number of ether oxygens (including phenoxy) is 1. The minimum atomic E-state index is -3.68. The number of carbonyl (C=O) groups is 1. The third-order valence-corrected chi connectivity index (χ3v) is 6.53. The van der Waals surface area contributed by atoms with Gasteiger partial charge < -0.3 is 9.64 Å². The van der Waals surface area contributed by atoms with Crippen LogP contribution in [0.5, 0.6) is 5.75 Å². The molecule has 0 aliphatic carbocycles. The monoisotopic (exact) mass is 457 g/mol. The lowest BCUT2D eigenvalue weighted by atomic mass is 9.98. The molecule has 0 atom stereocenters. The van der Waals surface area contributed by atoms with Crippen LogP contribution in [0.2, 0.25) is 5.02 Å². The number of rotatable bonds is 6.